The molecule has 1 fully saturated rings. The van der Waals surface area contributed by atoms with E-state index < -0.39 is 23.3 Å². The fraction of sp³-hybridized carbons (Fsp3) is 0.318. The maximum Gasteiger partial charge on any atom is 0.289 e. The molecule has 0 bridgehead atoms. The van der Waals surface area contributed by atoms with Crippen LogP contribution < -0.4 is 0 Å². The molecule has 0 aliphatic carbocycles. The van der Waals surface area contributed by atoms with Crippen LogP contribution in [-0.2, 0) is 16.0 Å². The van der Waals surface area contributed by atoms with Crippen molar-refractivity contribution in [3.63, 3.8) is 0 Å². The molecular formula is C22H21FN2O6. The number of hydrogen-bond acceptors (Lipinski definition) is 6. The van der Waals surface area contributed by atoms with Crippen LogP contribution in [0.1, 0.15) is 32.2 Å². The average molecular weight is 428 g/mol. The number of rotatable bonds is 5. The SMILES string of the molecule is CN1CC(C(=O)c2oc(C(=O)N3CCOCC3)cc2Cc2ccc(F)cc2)=C(O)C1=O. The van der Waals surface area contributed by atoms with Gasteiger partial charge in [0.2, 0.25) is 5.78 Å². The van der Waals surface area contributed by atoms with Gasteiger partial charge < -0.3 is 24.1 Å². The van der Waals surface area contributed by atoms with E-state index in [0.29, 0.717) is 37.4 Å². The molecule has 31 heavy (non-hydrogen) atoms. The molecule has 162 valence electrons. The molecule has 0 saturated carbocycles. The predicted molar refractivity (Wildman–Crippen MR) is 106 cm³/mol. The number of aliphatic hydroxyl groups is 1. The van der Waals surface area contributed by atoms with E-state index in [-0.39, 0.29) is 36.0 Å². The highest BCUT2D eigenvalue weighted by Crippen LogP contribution is 2.27. The number of halogens is 1. The Balaban J connectivity index is 1.70. The average Bonchev–Trinajstić information content (AvgIpc) is 3.31. The Labute approximate surface area is 177 Å². The van der Waals surface area contributed by atoms with Crippen molar-refractivity contribution in [2.24, 2.45) is 0 Å². The van der Waals surface area contributed by atoms with Gasteiger partial charge in [0.25, 0.3) is 11.8 Å². The lowest BCUT2D eigenvalue weighted by atomic mass is 10.0. The summed E-state index contributed by atoms with van der Waals surface area (Å²) in [4.78, 5) is 40.7. The number of carbonyl (C=O) groups is 3. The Kier molecular flexibility index (Phi) is 5.60. The molecular weight excluding hydrogens is 407 g/mol. The molecule has 1 saturated heterocycles. The Morgan fingerprint density at radius 1 is 1.16 bits per heavy atom. The molecule has 2 aromatic rings. The topological polar surface area (TPSA) is 100 Å². The quantitative estimate of drug-likeness (QED) is 0.731. The van der Waals surface area contributed by atoms with Gasteiger partial charge in [-0.2, -0.15) is 0 Å². The number of furan rings is 1. The maximum atomic E-state index is 13.3. The van der Waals surface area contributed by atoms with Gasteiger partial charge in [0.15, 0.2) is 17.3 Å². The van der Waals surface area contributed by atoms with E-state index in [9.17, 15) is 23.9 Å². The van der Waals surface area contributed by atoms with Crippen LogP contribution in [0.25, 0.3) is 0 Å². The maximum absolute atomic E-state index is 13.3. The third-order valence-corrected chi connectivity index (χ3v) is 5.34. The number of hydrogen-bond donors (Lipinski definition) is 1. The van der Waals surface area contributed by atoms with E-state index in [1.165, 1.54) is 30.1 Å². The summed E-state index contributed by atoms with van der Waals surface area (Å²) in [5, 5.41) is 10.1. The van der Waals surface area contributed by atoms with Crippen LogP contribution in [-0.4, -0.2) is 72.4 Å². The number of carbonyl (C=O) groups excluding carboxylic acids is 3. The summed E-state index contributed by atoms with van der Waals surface area (Å²) >= 11 is 0. The minimum absolute atomic E-state index is 0.0138. The van der Waals surface area contributed by atoms with E-state index in [0.717, 1.165) is 0 Å². The van der Waals surface area contributed by atoms with Crippen LogP contribution in [0, 0.1) is 5.82 Å². The van der Waals surface area contributed by atoms with Crippen molar-refractivity contribution < 1.29 is 33.0 Å². The molecule has 2 aliphatic heterocycles. The summed E-state index contributed by atoms with van der Waals surface area (Å²) in [6.45, 7) is 1.57. The van der Waals surface area contributed by atoms with E-state index in [4.69, 9.17) is 9.15 Å². The normalized spacial score (nSPS) is 16.9. The number of ketones is 1. The van der Waals surface area contributed by atoms with Crippen molar-refractivity contribution in [3.8, 4) is 0 Å². The number of Topliss-reactive ketones (excluding diaryl/α,β-unsaturated/α-hetero) is 1. The molecule has 2 amide bonds. The fourth-order valence-corrected chi connectivity index (χ4v) is 3.61. The molecule has 8 nitrogen and oxygen atoms in total. The van der Waals surface area contributed by atoms with Gasteiger partial charge in [0.05, 0.1) is 25.3 Å². The van der Waals surface area contributed by atoms with Crippen molar-refractivity contribution in [2.75, 3.05) is 39.9 Å². The Bertz CT molecular complexity index is 1070. The highest BCUT2D eigenvalue weighted by atomic mass is 19.1. The molecule has 1 aromatic carbocycles. The lowest BCUT2D eigenvalue weighted by Crippen LogP contribution is -2.40. The number of ether oxygens (including phenoxy) is 1. The lowest BCUT2D eigenvalue weighted by molar-refractivity contribution is -0.126. The van der Waals surface area contributed by atoms with Gasteiger partial charge in [-0.3, -0.25) is 14.4 Å². The number of aliphatic hydroxyl groups excluding tert-OH is 1. The van der Waals surface area contributed by atoms with Gasteiger partial charge in [0.1, 0.15) is 5.82 Å². The van der Waals surface area contributed by atoms with Gasteiger partial charge in [0, 0.05) is 32.1 Å². The molecule has 0 spiro atoms. The van der Waals surface area contributed by atoms with Gasteiger partial charge in [-0.05, 0) is 23.8 Å². The van der Waals surface area contributed by atoms with E-state index in [1.54, 1.807) is 17.0 Å². The third-order valence-electron chi connectivity index (χ3n) is 5.34. The minimum Gasteiger partial charge on any atom is -0.503 e. The summed E-state index contributed by atoms with van der Waals surface area (Å²) in [7, 11) is 1.47. The molecule has 9 heteroatoms. The van der Waals surface area contributed by atoms with Crippen LogP contribution in [0.5, 0.6) is 0 Å². The first-order chi connectivity index (χ1) is 14.8. The minimum atomic E-state index is -0.659. The van der Waals surface area contributed by atoms with Crippen LogP contribution in [0.15, 0.2) is 46.1 Å². The molecule has 4 rings (SSSR count). The molecule has 1 aromatic heterocycles. The fourth-order valence-electron chi connectivity index (χ4n) is 3.61. The second-order valence-corrected chi connectivity index (χ2v) is 7.49. The first kappa shape index (κ1) is 20.8. The first-order valence-corrected chi connectivity index (χ1v) is 9.81. The molecule has 0 unspecified atom stereocenters. The predicted octanol–water partition coefficient (Wildman–Crippen LogP) is 1.95. The monoisotopic (exact) mass is 428 g/mol. The number of amides is 2. The van der Waals surface area contributed by atoms with Gasteiger partial charge >= 0.3 is 0 Å². The zero-order valence-corrected chi connectivity index (χ0v) is 16.9. The number of morpholine rings is 1. The summed E-state index contributed by atoms with van der Waals surface area (Å²) in [5.74, 6) is -2.84. The Morgan fingerprint density at radius 3 is 2.45 bits per heavy atom. The van der Waals surface area contributed by atoms with Gasteiger partial charge in [-0.25, -0.2) is 4.39 Å². The zero-order chi connectivity index (χ0) is 22.1. The summed E-state index contributed by atoms with van der Waals surface area (Å²) < 4.78 is 24.2. The highest BCUT2D eigenvalue weighted by Gasteiger charge is 2.35. The van der Waals surface area contributed by atoms with Gasteiger partial charge in [-0.15, -0.1) is 0 Å². The molecule has 3 heterocycles. The number of nitrogens with zero attached hydrogens (tertiary/aromatic N) is 2. The van der Waals surface area contributed by atoms with Crippen LogP contribution in [0.4, 0.5) is 4.39 Å². The van der Waals surface area contributed by atoms with Crippen molar-refractivity contribution >= 4 is 17.6 Å². The molecule has 0 radical (unpaired) electrons. The Morgan fingerprint density at radius 2 is 1.84 bits per heavy atom. The largest absolute Gasteiger partial charge is 0.503 e. The molecule has 1 N–H and O–H groups in total. The smallest absolute Gasteiger partial charge is 0.289 e. The van der Waals surface area contributed by atoms with Crippen LogP contribution in [0.2, 0.25) is 0 Å². The van der Waals surface area contributed by atoms with Crippen molar-refractivity contribution in [2.45, 2.75) is 6.42 Å². The second-order valence-electron chi connectivity index (χ2n) is 7.49. The lowest BCUT2D eigenvalue weighted by Gasteiger charge is -2.25. The van der Waals surface area contributed by atoms with E-state index in [2.05, 4.69) is 0 Å². The highest BCUT2D eigenvalue weighted by molar-refractivity contribution is 6.15. The standard InChI is InChI=1S/C22H21FN2O6/c1-24-12-16(19(27)22(24)29)18(26)20-14(10-13-2-4-15(23)5-3-13)11-17(31-20)21(28)25-6-8-30-9-7-25/h2-5,11,27H,6-10,12H2,1H3. The third kappa shape index (κ3) is 4.09. The molecule has 2 aliphatic rings. The summed E-state index contributed by atoms with van der Waals surface area (Å²) in [6, 6.07) is 7.24. The number of likely N-dealkylation sites (N-methyl/N-ethyl adjacent to an activating group) is 1. The zero-order valence-electron chi connectivity index (χ0n) is 16.9. The van der Waals surface area contributed by atoms with E-state index >= 15 is 0 Å². The number of benzene rings is 1. The van der Waals surface area contributed by atoms with E-state index in [1.807, 2.05) is 0 Å². The van der Waals surface area contributed by atoms with Crippen molar-refractivity contribution in [1.29, 1.82) is 0 Å². The van der Waals surface area contributed by atoms with Crippen molar-refractivity contribution in [1.82, 2.24) is 9.80 Å². The van der Waals surface area contributed by atoms with Crippen LogP contribution >= 0.6 is 0 Å². The summed E-state index contributed by atoms with van der Waals surface area (Å²) in [5.41, 5.74) is 1.03. The summed E-state index contributed by atoms with van der Waals surface area (Å²) in [6.07, 6.45) is 0.207. The van der Waals surface area contributed by atoms with Crippen molar-refractivity contribution in [3.05, 3.63) is 70.1 Å². The Hall–Kier alpha value is -3.46. The van der Waals surface area contributed by atoms with Gasteiger partial charge in [-0.1, -0.05) is 12.1 Å². The van der Waals surface area contributed by atoms with Crippen LogP contribution in [0.3, 0.4) is 0 Å². The first-order valence-electron chi connectivity index (χ1n) is 9.81. The second kappa shape index (κ2) is 8.35. The molecule has 0 atom stereocenters.